The molecule has 3 N–H and O–H groups in total. The maximum atomic E-state index is 9.09. The lowest BCUT2D eigenvalue weighted by molar-refractivity contribution is 0.214. The lowest BCUT2D eigenvalue weighted by atomic mass is 10.0. The number of hydrogen-bond donors (Lipinski definition) is 2. The van der Waals surface area contributed by atoms with Crippen molar-refractivity contribution in [1.29, 1.82) is 0 Å². The largest absolute Gasteiger partial charge is 0.396 e. The van der Waals surface area contributed by atoms with Gasteiger partial charge in [-0.25, -0.2) is 0 Å². The maximum absolute atomic E-state index is 9.09. The molecule has 1 aliphatic carbocycles. The summed E-state index contributed by atoms with van der Waals surface area (Å²) in [5, 5.41) is 9.09. The van der Waals surface area contributed by atoms with Gasteiger partial charge in [0.25, 0.3) is 0 Å². The van der Waals surface area contributed by atoms with Crippen LogP contribution in [0.3, 0.4) is 0 Å². The molecule has 0 spiro atoms. The molecule has 0 aromatic heterocycles. The Hall–Kier alpha value is -0.380. The SMILES string of the molecule is NC1c2ccc(Br)cc2CC1CO. The molecule has 1 aliphatic rings. The molecule has 2 rings (SSSR count). The van der Waals surface area contributed by atoms with Crippen molar-refractivity contribution in [2.24, 2.45) is 11.7 Å². The monoisotopic (exact) mass is 241 g/mol. The highest BCUT2D eigenvalue weighted by Crippen LogP contribution is 2.35. The smallest absolute Gasteiger partial charge is 0.0480 e. The Bertz CT molecular complexity index is 327. The van der Waals surface area contributed by atoms with Gasteiger partial charge in [-0.1, -0.05) is 22.0 Å². The summed E-state index contributed by atoms with van der Waals surface area (Å²) in [5.74, 6) is 0.198. The Morgan fingerprint density at radius 1 is 1.54 bits per heavy atom. The first-order chi connectivity index (χ1) is 6.22. The van der Waals surface area contributed by atoms with Crippen molar-refractivity contribution in [3.05, 3.63) is 33.8 Å². The Morgan fingerprint density at radius 2 is 2.31 bits per heavy atom. The van der Waals surface area contributed by atoms with E-state index >= 15 is 0 Å². The molecule has 0 fully saturated rings. The summed E-state index contributed by atoms with van der Waals surface area (Å²) in [5.41, 5.74) is 8.42. The predicted molar refractivity (Wildman–Crippen MR) is 55.4 cm³/mol. The van der Waals surface area contributed by atoms with E-state index in [0.29, 0.717) is 0 Å². The highest BCUT2D eigenvalue weighted by atomic mass is 79.9. The molecule has 0 saturated carbocycles. The average molecular weight is 242 g/mol. The predicted octanol–water partition coefficient (Wildman–Crippen LogP) is 1.61. The molecule has 2 nitrogen and oxygen atoms in total. The topological polar surface area (TPSA) is 46.2 Å². The lowest BCUT2D eigenvalue weighted by Crippen LogP contribution is -2.19. The summed E-state index contributed by atoms with van der Waals surface area (Å²) in [6, 6.07) is 6.14. The highest BCUT2D eigenvalue weighted by molar-refractivity contribution is 9.10. The molecule has 0 aliphatic heterocycles. The number of fused-ring (bicyclic) bond motifs is 1. The van der Waals surface area contributed by atoms with Crippen LogP contribution in [0.15, 0.2) is 22.7 Å². The number of aliphatic hydroxyl groups is 1. The summed E-state index contributed by atoms with van der Waals surface area (Å²) in [7, 11) is 0. The van der Waals surface area contributed by atoms with E-state index in [1.54, 1.807) is 0 Å². The average Bonchev–Trinajstić information content (AvgIpc) is 2.42. The van der Waals surface area contributed by atoms with Crippen molar-refractivity contribution in [2.45, 2.75) is 12.5 Å². The minimum absolute atomic E-state index is 0.00750. The minimum Gasteiger partial charge on any atom is -0.396 e. The Balaban J connectivity index is 2.38. The molecule has 2 atom stereocenters. The Kier molecular flexibility index (Phi) is 2.41. The zero-order valence-corrected chi connectivity index (χ0v) is 8.79. The Labute approximate surface area is 85.9 Å². The van der Waals surface area contributed by atoms with Crippen LogP contribution in [0.5, 0.6) is 0 Å². The Morgan fingerprint density at radius 3 is 3.00 bits per heavy atom. The van der Waals surface area contributed by atoms with Gasteiger partial charge in [0.2, 0.25) is 0 Å². The van der Waals surface area contributed by atoms with Gasteiger partial charge in [-0.15, -0.1) is 0 Å². The van der Waals surface area contributed by atoms with Crippen LogP contribution in [0, 0.1) is 5.92 Å². The van der Waals surface area contributed by atoms with Crippen LogP contribution >= 0.6 is 15.9 Å². The van der Waals surface area contributed by atoms with Crippen molar-refractivity contribution in [1.82, 2.24) is 0 Å². The summed E-state index contributed by atoms with van der Waals surface area (Å²) in [4.78, 5) is 0. The molecule has 1 aromatic rings. The van der Waals surface area contributed by atoms with E-state index in [4.69, 9.17) is 10.8 Å². The summed E-state index contributed by atoms with van der Waals surface area (Å²) in [6.45, 7) is 0.174. The second-order valence-electron chi connectivity index (χ2n) is 3.52. The van der Waals surface area contributed by atoms with Crippen molar-refractivity contribution < 1.29 is 5.11 Å². The second kappa shape index (κ2) is 3.40. The van der Waals surface area contributed by atoms with Gasteiger partial charge in [-0.3, -0.25) is 0 Å². The van der Waals surface area contributed by atoms with Crippen LogP contribution in [0.2, 0.25) is 0 Å². The minimum atomic E-state index is 0.00750. The summed E-state index contributed by atoms with van der Waals surface area (Å²) >= 11 is 3.42. The van der Waals surface area contributed by atoms with Crippen molar-refractivity contribution in [3.63, 3.8) is 0 Å². The fraction of sp³-hybridized carbons (Fsp3) is 0.400. The summed E-state index contributed by atoms with van der Waals surface area (Å²) < 4.78 is 1.08. The fourth-order valence-corrected chi connectivity index (χ4v) is 2.33. The van der Waals surface area contributed by atoms with Gasteiger partial charge in [0.05, 0.1) is 0 Å². The molecule has 0 heterocycles. The first-order valence-corrected chi connectivity index (χ1v) is 5.16. The number of hydrogen-bond acceptors (Lipinski definition) is 2. The van der Waals surface area contributed by atoms with Gasteiger partial charge < -0.3 is 10.8 Å². The van der Waals surface area contributed by atoms with E-state index in [-0.39, 0.29) is 18.6 Å². The first kappa shape index (κ1) is 9.19. The van der Waals surface area contributed by atoms with Crippen LogP contribution < -0.4 is 5.73 Å². The molecule has 3 heteroatoms. The van der Waals surface area contributed by atoms with Gasteiger partial charge >= 0.3 is 0 Å². The molecule has 0 saturated heterocycles. The third-order valence-electron chi connectivity index (χ3n) is 2.69. The van der Waals surface area contributed by atoms with E-state index in [1.807, 2.05) is 12.1 Å². The van der Waals surface area contributed by atoms with Crippen LogP contribution in [0.4, 0.5) is 0 Å². The van der Waals surface area contributed by atoms with E-state index in [1.165, 1.54) is 11.1 Å². The van der Waals surface area contributed by atoms with Crippen molar-refractivity contribution in [3.8, 4) is 0 Å². The van der Waals surface area contributed by atoms with Gasteiger partial charge in [-0.05, 0) is 29.7 Å². The molecule has 1 aromatic carbocycles. The van der Waals surface area contributed by atoms with Crippen molar-refractivity contribution in [2.75, 3.05) is 6.61 Å². The molecule has 70 valence electrons. The van der Waals surface area contributed by atoms with E-state index in [0.717, 1.165) is 10.9 Å². The second-order valence-corrected chi connectivity index (χ2v) is 4.43. The van der Waals surface area contributed by atoms with Crippen LogP contribution in [-0.2, 0) is 6.42 Å². The van der Waals surface area contributed by atoms with Gasteiger partial charge in [-0.2, -0.15) is 0 Å². The van der Waals surface area contributed by atoms with Crippen LogP contribution in [0.1, 0.15) is 17.2 Å². The first-order valence-electron chi connectivity index (χ1n) is 4.37. The molecule has 0 bridgehead atoms. The zero-order chi connectivity index (χ0) is 9.42. The zero-order valence-electron chi connectivity index (χ0n) is 7.20. The number of halogens is 1. The number of benzene rings is 1. The third-order valence-corrected chi connectivity index (χ3v) is 3.18. The third kappa shape index (κ3) is 1.52. The van der Waals surface area contributed by atoms with Crippen molar-refractivity contribution >= 4 is 15.9 Å². The highest BCUT2D eigenvalue weighted by Gasteiger charge is 2.28. The number of nitrogens with two attached hydrogens (primary N) is 1. The van der Waals surface area contributed by atoms with Crippen LogP contribution in [0.25, 0.3) is 0 Å². The lowest BCUT2D eigenvalue weighted by Gasteiger charge is -2.11. The molecular formula is C10H12BrNO. The van der Waals surface area contributed by atoms with Gasteiger partial charge in [0, 0.05) is 23.0 Å². The number of aliphatic hydroxyl groups excluding tert-OH is 1. The molecule has 2 unspecified atom stereocenters. The fourth-order valence-electron chi connectivity index (χ4n) is 1.92. The van der Waals surface area contributed by atoms with E-state index < -0.39 is 0 Å². The molecular weight excluding hydrogens is 230 g/mol. The molecule has 0 amide bonds. The number of rotatable bonds is 1. The normalized spacial score (nSPS) is 26.1. The summed E-state index contributed by atoms with van der Waals surface area (Å²) in [6.07, 6.45) is 0.895. The standard InChI is InChI=1S/C10H12BrNO/c11-8-1-2-9-6(4-8)3-7(5-13)10(9)12/h1-2,4,7,10,13H,3,5,12H2. The van der Waals surface area contributed by atoms with E-state index in [2.05, 4.69) is 22.0 Å². The van der Waals surface area contributed by atoms with Crippen LogP contribution in [-0.4, -0.2) is 11.7 Å². The maximum Gasteiger partial charge on any atom is 0.0480 e. The van der Waals surface area contributed by atoms with Gasteiger partial charge in [0.15, 0.2) is 0 Å². The molecule has 13 heavy (non-hydrogen) atoms. The molecule has 0 radical (unpaired) electrons. The van der Waals surface area contributed by atoms with E-state index in [9.17, 15) is 0 Å². The quantitative estimate of drug-likeness (QED) is 0.785. The van der Waals surface area contributed by atoms with Gasteiger partial charge in [0.1, 0.15) is 0 Å².